The van der Waals surface area contributed by atoms with E-state index in [2.05, 4.69) is 17.4 Å². The molecule has 0 radical (unpaired) electrons. The Kier molecular flexibility index (Phi) is 5.47. The summed E-state index contributed by atoms with van der Waals surface area (Å²) in [6, 6.07) is 25.6. The Morgan fingerprint density at radius 1 is 0.840 bits per heavy atom. The summed E-state index contributed by atoms with van der Waals surface area (Å²) in [6.07, 6.45) is 0. The lowest BCUT2D eigenvalue weighted by atomic mass is 10.0. The van der Waals surface area contributed by atoms with Crippen LogP contribution in [0.25, 0.3) is 11.1 Å². The summed E-state index contributed by atoms with van der Waals surface area (Å²) >= 11 is 0. The van der Waals surface area contributed by atoms with E-state index in [1.807, 2.05) is 73.7 Å². The second-order valence-corrected chi connectivity index (χ2v) is 5.81. The molecule has 0 aliphatic heterocycles. The zero-order valence-corrected chi connectivity index (χ0v) is 14.2. The molecule has 0 fully saturated rings. The molecule has 0 bridgehead atoms. The van der Waals surface area contributed by atoms with E-state index >= 15 is 0 Å². The van der Waals surface area contributed by atoms with Gasteiger partial charge in [0, 0.05) is 5.56 Å². The van der Waals surface area contributed by atoms with Gasteiger partial charge in [0.15, 0.2) is 0 Å². The predicted octanol–water partition coefficient (Wildman–Crippen LogP) is 4.47. The van der Waals surface area contributed by atoms with Crippen LogP contribution in [0, 0.1) is 6.92 Å². The van der Waals surface area contributed by atoms with Gasteiger partial charge in [-0.1, -0.05) is 60.7 Å². The Hall–Kier alpha value is -3.07. The number of benzene rings is 3. The molecular weight excluding hydrogens is 310 g/mol. The number of carbonyl (C=O) groups is 1. The van der Waals surface area contributed by atoms with E-state index in [0.717, 1.165) is 22.4 Å². The topological polar surface area (TPSA) is 38.3 Å². The van der Waals surface area contributed by atoms with Crippen molar-refractivity contribution in [2.45, 2.75) is 6.92 Å². The molecule has 126 valence electrons. The number of ether oxygens (including phenoxy) is 1. The molecule has 0 saturated carbocycles. The van der Waals surface area contributed by atoms with Gasteiger partial charge in [-0.05, 0) is 41.8 Å². The van der Waals surface area contributed by atoms with Crippen molar-refractivity contribution in [2.75, 3.05) is 13.2 Å². The quantitative estimate of drug-likeness (QED) is 0.677. The summed E-state index contributed by atoms with van der Waals surface area (Å²) in [6.45, 7) is 2.91. The van der Waals surface area contributed by atoms with E-state index in [4.69, 9.17) is 4.74 Å². The number of hydrogen-bond acceptors (Lipinski definition) is 2. The van der Waals surface area contributed by atoms with Crippen LogP contribution in [0.3, 0.4) is 0 Å². The van der Waals surface area contributed by atoms with Gasteiger partial charge in [-0.25, -0.2) is 0 Å². The van der Waals surface area contributed by atoms with Crippen molar-refractivity contribution in [3.8, 4) is 16.9 Å². The zero-order chi connectivity index (χ0) is 17.5. The molecular formula is C22H21NO2. The highest BCUT2D eigenvalue weighted by Gasteiger charge is 2.06. The standard InChI is InChI=1S/C22H21NO2/c1-17-7-5-6-10-21(17)25-16-15-23-22(24)20-13-11-19(12-14-20)18-8-3-2-4-9-18/h2-14H,15-16H2,1H3,(H,23,24). The SMILES string of the molecule is Cc1ccccc1OCCNC(=O)c1ccc(-c2ccccc2)cc1. The average molecular weight is 331 g/mol. The first-order chi connectivity index (χ1) is 12.2. The number of hydrogen-bond donors (Lipinski definition) is 1. The van der Waals surface area contributed by atoms with E-state index in [1.165, 1.54) is 0 Å². The summed E-state index contributed by atoms with van der Waals surface area (Å²) in [5.41, 5.74) is 3.97. The highest BCUT2D eigenvalue weighted by molar-refractivity contribution is 5.94. The third kappa shape index (κ3) is 4.48. The largest absolute Gasteiger partial charge is 0.491 e. The lowest BCUT2D eigenvalue weighted by Crippen LogP contribution is -2.28. The summed E-state index contributed by atoms with van der Waals surface area (Å²) in [5.74, 6) is 0.761. The fraction of sp³-hybridized carbons (Fsp3) is 0.136. The molecule has 3 nitrogen and oxygen atoms in total. The van der Waals surface area contributed by atoms with Gasteiger partial charge in [0.1, 0.15) is 12.4 Å². The number of amides is 1. The summed E-state index contributed by atoms with van der Waals surface area (Å²) in [7, 11) is 0. The minimum atomic E-state index is -0.0898. The van der Waals surface area contributed by atoms with Crippen molar-refractivity contribution in [3.05, 3.63) is 90.0 Å². The zero-order valence-electron chi connectivity index (χ0n) is 14.2. The second kappa shape index (κ2) is 8.15. The molecule has 0 aliphatic rings. The number of aryl methyl sites for hydroxylation is 1. The number of nitrogens with one attached hydrogen (secondary N) is 1. The molecule has 0 saturated heterocycles. The third-order valence-corrected chi connectivity index (χ3v) is 3.99. The van der Waals surface area contributed by atoms with Crippen molar-refractivity contribution in [1.29, 1.82) is 0 Å². The van der Waals surface area contributed by atoms with Crippen LogP contribution in [0.2, 0.25) is 0 Å². The van der Waals surface area contributed by atoms with Crippen molar-refractivity contribution < 1.29 is 9.53 Å². The van der Waals surface area contributed by atoms with E-state index in [1.54, 1.807) is 0 Å². The van der Waals surface area contributed by atoms with Gasteiger partial charge in [0.25, 0.3) is 5.91 Å². The highest BCUT2D eigenvalue weighted by Crippen LogP contribution is 2.19. The van der Waals surface area contributed by atoms with Gasteiger partial charge in [-0.15, -0.1) is 0 Å². The Morgan fingerprint density at radius 2 is 1.48 bits per heavy atom. The van der Waals surface area contributed by atoms with Crippen molar-refractivity contribution in [1.82, 2.24) is 5.32 Å². The van der Waals surface area contributed by atoms with Gasteiger partial charge < -0.3 is 10.1 Å². The maximum Gasteiger partial charge on any atom is 0.251 e. The Balaban J connectivity index is 1.51. The van der Waals surface area contributed by atoms with E-state index in [9.17, 15) is 4.79 Å². The monoisotopic (exact) mass is 331 g/mol. The van der Waals surface area contributed by atoms with Gasteiger partial charge in [-0.2, -0.15) is 0 Å². The Morgan fingerprint density at radius 3 is 2.20 bits per heavy atom. The summed E-state index contributed by atoms with van der Waals surface area (Å²) < 4.78 is 5.69. The molecule has 3 aromatic carbocycles. The molecule has 0 atom stereocenters. The average Bonchev–Trinajstić information content (AvgIpc) is 2.67. The Bertz CT molecular complexity index is 826. The van der Waals surface area contributed by atoms with Gasteiger partial charge in [0.05, 0.1) is 6.54 Å². The van der Waals surface area contributed by atoms with E-state index in [-0.39, 0.29) is 5.91 Å². The van der Waals surface area contributed by atoms with Crippen molar-refractivity contribution in [3.63, 3.8) is 0 Å². The van der Waals surface area contributed by atoms with Crippen LogP contribution < -0.4 is 10.1 Å². The molecule has 25 heavy (non-hydrogen) atoms. The minimum absolute atomic E-state index is 0.0898. The third-order valence-electron chi connectivity index (χ3n) is 3.99. The number of carbonyl (C=O) groups excluding carboxylic acids is 1. The maximum absolute atomic E-state index is 12.2. The normalized spacial score (nSPS) is 10.3. The number of rotatable bonds is 6. The van der Waals surface area contributed by atoms with Crippen LogP contribution in [0.4, 0.5) is 0 Å². The molecule has 0 unspecified atom stereocenters. The van der Waals surface area contributed by atoms with Gasteiger partial charge in [0.2, 0.25) is 0 Å². The summed E-state index contributed by atoms with van der Waals surface area (Å²) in [4.78, 5) is 12.2. The van der Waals surface area contributed by atoms with Crippen molar-refractivity contribution in [2.24, 2.45) is 0 Å². The first-order valence-corrected chi connectivity index (χ1v) is 8.36. The molecule has 3 heteroatoms. The molecule has 0 aliphatic carbocycles. The van der Waals surface area contributed by atoms with Crippen molar-refractivity contribution >= 4 is 5.91 Å². The molecule has 3 aromatic rings. The molecule has 0 spiro atoms. The van der Waals surface area contributed by atoms with Crippen LogP contribution in [-0.2, 0) is 0 Å². The second-order valence-electron chi connectivity index (χ2n) is 5.81. The van der Waals surface area contributed by atoms with Crippen LogP contribution in [0.1, 0.15) is 15.9 Å². The van der Waals surface area contributed by atoms with Gasteiger partial charge in [-0.3, -0.25) is 4.79 Å². The molecule has 1 amide bonds. The van der Waals surface area contributed by atoms with Crippen LogP contribution in [-0.4, -0.2) is 19.1 Å². The van der Waals surface area contributed by atoms with Gasteiger partial charge >= 0.3 is 0 Å². The smallest absolute Gasteiger partial charge is 0.251 e. The fourth-order valence-electron chi connectivity index (χ4n) is 2.59. The van der Waals surface area contributed by atoms with E-state index < -0.39 is 0 Å². The van der Waals surface area contributed by atoms with Crippen LogP contribution >= 0.6 is 0 Å². The maximum atomic E-state index is 12.2. The lowest BCUT2D eigenvalue weighted by Gasteiger charge is -2.10. The first kappa shape index (κ1) is 16.8. The van der Waals surface area contributed by atoms with E-state index in [0.29, 0.717) is 18.7 Å². The molecule has 0 heterocycles. The lowest BCUT2D eigenvalue weighted by molar-refractivity contribution is 0.0947. The number of para-hydroxylation sites is 1. The summed E-state index contributed by atoms with van der Waals surface area (Å²) in [5, 5.41) is 2.88. The Labute approximate surface area is 148 Å². The van der Waals surface area contributed by atoms with Crippen LogP contribution in [0.15, 0.2) is 78.9 Å². The molecule has 1 N–H and O–H groups in total. The minimum Gasteiger partial charge on any atom is -0.491 e. The first-order valence-electron chi connectivity index (χ1n) is 8.36. The molecule has 0 aromatic heterocycles. The highest BCUT2D eigenvalue weighted by atomic mass is 16.5. The van der Waals surface area contributed by atoms with Crippen LogP contribution in [0.5, 0.6) is 5.75 Å². The fourth-order valence-corrected chi connectivity index (χ4v) is 2.59. The molecule has 3 rings (SSSR count). The predicted molar refractivity (Wildman–Crippen MR) is 101 cm³/mol.